The Kier molecular flexibility index (Phi) is 5.58. The highest BCUT2D eigenvalue weighted by atomic mass is 16.2. The largest absolute Gasteiger partial charge is 0.343 e. The van der Waals surface area contributed by atoms with Gasteiger partial charge in [-0.05, 0) is 33.6 Å². The van der Waals surface area contributed by atoms with E-state index in [1.165, 1.54) is 0 Å². The molecule has 0 aliphatic heterocycles. The van der Waals surface area contributed by atoms with E-state index in [4.69, 9.17) is 0 Å². The first-order valence-corrected chi connectivity index (χ1v) is 7.21. The molecule has 4 nitrogen and oxygen atoms in total. The normalized spacial score (nSPS) is 11.1. The van der Waals surface area contributed by atoms with Gasteiger partial charge in [-0.1, -0.05) is 13.8 Å². The van der Waals surface area contributed by atoms with Crippen molar-refractivity contribution in [2.24, 2.45) is 5.92 Å². The molecule has 0 aliphatic carbocycles. The zero-order valence-electron chi connectivity index (χ0n) is 13.2. The van der Waals surface area contributed by atoms with E-state index in [1.807, 2.05) is 30.4 Å². The molecule has 0 atom stereocenters. The lowest BCUT2D eigenvalue weighted by Gasteiger charge is -2.18. The Morgan fingerprint density at radius 1 is 1.26 bits per heavy atom. The van der Waals surface area contributed by atoms with Crippen molar-refractivity contribution < 1.29 is 4.79 Å². The van der Waals surface area contributed by atoms with Crippen molar-refractivity contribution >= 4 is 5.91 Å². The summed E-state index contributed by atoms with van der Waals surface area (Å²) in [6.45, 7) is 14.9. The van der Waals surface area contributed by atoms with Gasteiger partial charge in [0.25, 0.3) is 0 Å². The van der Waals surface area contributed by atoms with Crippen LogP contribution in [0.4, 0.5) is 0 Å². The zero-order valence-corrected chi connectivity index (χ0v) is 13.2. The predicted octanol–water partition coefficient (Wildman–Crippen LogP) is 2.57. The number of hydrogen-bond acceptors (Lipinski definition) is 2. The summed E-state index contributed by atoms with van der Waals surface area (Å²) in [4.78, 5) is 14.1. The SMILES string of the molecule is CCN(CC)C(=O)Cc1c(C)nn(CC(C)C)c1C. The van der Waals surface area contributed by atoms with Crippen LogP contribution >= 0.6 is 0 Å². The van der Waals surface area contributed by atoms with Gasteiger partial charge < -0.3 is 4.90 Å². The number of carbonyl (C=O) groups excluding carboxylic acids is 1. The van der Waals surface area contributed by atoms with Crippen molar-refractivity contribution in [2.75, 3.05) is 13.1 Å². The molecule has 0 saturated carbocycles. The number of carbonyl (C=O) groups is 1. The number of likely N-dealkylation sites (N-methyl/N-ethyl adjacent to an activating group) is 1. The van der Waals surface area contributed by atoms with Gasteiger partial charge in [0, 0.05) is 30.9 Å². The Morgan fingerprint density at radius 3 is 2.32 bits per heavy atom. The van der Waals surface area contributed by atoms with E-state index in [0.29, 0.717) is 12.3 Å². The van der Waals surface area contributed by atoms with Gasteiger partial charge in [0.15, 0.2) is 0 Å². The molecular weight excluding hydrogens is 238 g/mol. The van der Waals surface area contributed by atoms with Gasteiger partial charge in [0.05, 0.1) is 12.1 Å². The fourth-order valence-corrected chi connectivity index (χ4v) is 2.35. The fourth-order valence-electron chi connectivity index (χ4n) is 2.35. The minimum Gasteiger partial charge on any atom is -0.343 e. The van der Waals surface area contributed by atoms with E-state index < -0.39 is 0 Å². The standard InChI is InChI=1S/C15H27N3O/c1-7-17(8-2)15(19)9-14-12(5)16-18(13(14)6)10-11(3)4/h11H,7-10H2,1-6H3. The molecule has 0 unspecified atom stereocenters. The summed E-state index contributed by atoms with van der Waals surface area (Å²) in [6.07, 6.45) is 0.470. The van der Waals surface area contributed by atoms with Crippen LogP contribution in [0.15, 0.2) is 0 Å². The molecule has 0 fully saturated rings. The Morgan fingerprint density at radius 2 is 1.84 bits per heavy atom. The number of hydrogen-bond donors (Lipinski definition) is 0. The first-order valence-electron chi connectivity index (χ1n) is 7.21. The van der Waals surface area contributed by atoms with Crippen LogP contribution in [-0.2, 0) is 17.8 Å². The van der Waals surface area contributed by atoms with Crippen molar-refractivity contribution in [3.05, 3.63) is 17.0 Å². The lowest BCUT2D eigenvalue weighted by atomic mass is 10.1. The molecule has 19 heavy (non-hydrogen) atoms. The molecule has 1 heterocycles. The summed E-state index contributed by atoms with van der Waals surface area (Å²) in [7, 11) is 0. The van der Waals surface area contributed by atoms with Crippen LogP contribution in [0.3, 0.4) is 0 Å². The lowest BCUT2D eigenvalue weighted by molar-refractivity contribution is -0.130. The van der Waals surface area contributed by atoms with Crippen molar-refractivity contribution in [1.29, 1.82) is 0 Å². The Bertz CT molecular complexity index is 431. The quantitative estimate of drug-likeness (QED) is 0.793. The molecule has 0 saturated heterocycles. The molecule has 4 heteroatoms. The van der Waals surface area contributed by atoms with Crippen molar-refractivity contribution in [3.8, 4) is 0 Å². The lowest BCUT2D eigenvalue weighted by Crippen LogP contribution is -2.32. The van der Waals surface area contributed by atoms with E-state index in [1.54, 1.807) is 0 Å². The summed E-state index contributed by atoms with van der Waals surface area (Å²) in [5.74, 6) is 0.754. The summed E-state index contributed by atoms with van der Waals surface area (Å²) >= 11 is 0. The molecule has 0 aromatic carbocycles. The van der Waals surface area contributed by atoms with Gasteiger partial charge in [-0.2, -0.15) is 5.10 Å². The summed E-state index contributed by atoms with van der Waals surface area (Å²) in [5, 5.41) is 4.56. The van der Waals surface area contributed by atoms with E-state index in [0.717, 1.165) is 36.6 Å². The smallest absolute Gasteiger partial charge is 0.227 e. The number of rotatable bonds is 6. The van der Waals surface area contributed by atoms with E-state index in [-0.39, 0.29) is 5.91 Å². The minimum absolute atomic E-state index is 0.195. The van der Waals surface area contributed by atoms with Crippen LogP contribution in [0.25, 0.3) is 0 Å². The third kappa shape index (κ3) is 3.82. The van der Waals surface area contributed by atoms with E-state index >= 15 is 0 Å². The number of aryl methyl sites for hydroxylation is 1. The molecule has 1 rings (SSSR count). The highest BCUT2D eigenvalue weighted by Crippen LogP contribution is 2.16. The van der Waals surface area contributed by atoms with Crippen LogP contribution in [0, 0.1) is 19.8 Å². The maximum absolute atomic E-state index is 12.2. The monoisotopic (exact) mass is 265 g/mol. The summed E-state index contributed by atoms with van der Waals surface area (Å²) < 4.78 is 2.03. The third-order valence-corrected chi connectivity index (χ3v) is 3.51. The zero-order chi connectivity index (χ0) is 14.6. The van der Waals surface area contributed by atoms with Gasteiger partial charge >= 0.3 is 0 Å². The molecule has 0 spiro atoms. The minimum atomic E-state index is 0.195. The van der Waals surface area contributed by atoms with Crippen LogP contribution in [-0.4, -0.2) is 33.7 Å². The Balaban J connectivity index is 2.89. The number of aromatic nitrogens is 2. The van der Waals surface area contributed by atoms with Gasteiger partial charge in [0.1, 0.15) is 0 Å². The maximum Gasteiger partial charge on any atom is 0.227 e. The topological polar surface area (TPSA) is 38.1 Å². The average molecular weight is 265 g/mol. The van der Waals surface area contributed by atoms with E-state index in [2.05, 4.69) is 25.9 Å². The predicted molar refractivity (Wildman–Crippen MR) is 78.2 cm³/mol. The van der Waals surface area contributed by atoms with Crippen LogP contribution in [0.2, 0.25) is 0 Å². The highest BCUT2D eigenvalue weighted by molar-refractivity contribution is 5.79. The Labute approximate surface area is 116 Å². The fraction of sp³-hybridized carbons (Fsp3) is 0.733. The first kappa shape index (κ1) is 15.7. The summed E-state index contributed by atoms with van der Waals surface area (Å²) in [6, 6.07) is 0. The van der Waals surface area contributed by atoms with Crippen LogP contribution in [0.5, 0.6) is 0 Å². The van der Waals surface area contributed by atoms with Crippen LogP contribution < -0.4 is 0 Å². The van der Waals surface area contributed by atoms with Gasteiger partial charge in [-0.15, -0.1) is 0 Å². The first-order chi connectivity index (χ1) is 8.90. The van der Waals surface area contributed by atoms with Crippen molar-refractivity contribution in [1.82, 2.24) is 14.7 Å². The second kappa shape index (κ2) is 6.73. The van der Waals surface area contributed by atoms with Gasteiger partial charge in [-0.3, -0.25) is 9.48 Å². The van der Waals surface area contributed by atoms with Crippen molar-refractivity contribution in [2.45, 2.75) is 54.5 Å². The molecule has 1 aromatic rings. The molecule has 0 bridgehead atoms. The van der Waals surface area contributed by atoms with E-state index in [9.17, 15) is 4.79 Å². The molecule has 0 aliphatic rings. The number of nitrogens with zero attached hydrogens (tertiary/aromatic N) is 3. The molecule has 108 valence electrons. The second-order valence-corrected chi connectivity index (χ2v) is 5.47. The third-order valence-electron chi connectivity index (χ3n) is 3.51. The van der Waals surface area contributed by atoms with Gasteiger partial charge in [-0.25, -0.2) is 0 Å². The molecule has 1 amide bonds. The second-order valence-electron chi connectivity index (χ2n) is 5.47. The van der Waals surface area contributed by atoms with Gasteiger partial charge in [0.2, 0.25) is 5.91 Å². The molecule has 0 N–H and O–H groups in total. The molecule has 0 radical (unpaired) electrons. The average Bonchev–Trinajstić information content (AvgIpc) is 2.58. The maximum atomic E-state index is 12.2. The highest BCUT2D eigenvalue weighted by Gasteiger charge is 2.17. The number of amides is 1. The molecule has 1 aromatic heterocycles. The molecular formula is C15H27N3O. The van der Waals surface area contributed by atoms with Crippen LogP contribution in [0.1, 0.15) is 44.6 Å². The Hall–Kier alpha value is -1.32. The summed E-state index contributed by atoms with van der Waals surface area (Å²) in [5.41, 5.74) is 3.21. The van der Waals surface area contributed by atoms with Crippen molar-refractivity contribution in [3.63, 3.8) is 0 Å².